The molecule has 1 aromatic heterocycles. The number of benzene rings is 2. The number of carbonyl (C=O) groups is 3. The van der Waals surface area contributed by atoms with Crippen LogP contribution in [0.25, 0.3) is 22.5 Å². The summed E-state index contributed by atoms with van der Waals surface area (Å²) in [6.45, 7) is 2.00. The van der Waals surface area contributed by atoms with Crippen molar-refractivity contribution in [2.45, 2.75) is 19.1 Å². The van der Waals surface area contributed by atoms with E-state index in [-0.39, 0.29) is 6.61 Å². The summed E-state index contributed by atoms with van der Waals surface area (Å²) in [4.78, 5) is 35.2. The number of ketones is 2. The highest BCUT2D eigenvalue weighted by atomic mass is 16.5. The topological polar surface area (TPSA) is 147 Å². The van der Waals surface area contributed by atoms with Crippen molar-refractivity contribution in [2.24, 2.45) is 0 Å². The molecule has 4 rings (SSSR count). The van der Waals surface area contributed by atoms with E-state index in [1.54, 1.807) is 43.3 Å². The van der Waals surface area contributed by atoms with Crippen molar-refractivity contribution < 1.29 is 24.2 Å². The molecular weight excluding hydrogens is 390 g/mol. The molecule has 10 nitrogen and oxygen atoms in total. The van der Waals surface area contributed by atoms with Gasteiger partial charge in [-0.2, -0.15) is 5.21 Å². The highest BCUT2D eigenvalue weighted by molar-refractivity contribution is 6.49. The molecule has 2 unspecified atom stereocenters. The molecule has 1 heterocycles. The lowest BCUT2D eigenvalue weighted by molar-refractivity contribution is -0.152. The lowest BCUT2D eigenvalue weighted by Gasteiger charge is -2.30. The third-order valence-corrected chi connectivity index (χ3v) is 4.68. The van der Waals surface area contributed by atoms with Crippen molar-refractivity contribution in [2.75, 3.05) is 11.9 Å². The van der Waals surface area contributed by atoms with E-state index in [2.05, 4.69) is 25.9 Å². The molecule has 0 radical (unpaired) electrons. The molecular formula is C20H17N5O5. The molecule has 0 spiro atoms. The number of aliphatic hydroxyl groups is 1. The van der Waals surface area contributed by atoms with Crippen molar-refractivity contribution >= 4 is 23.2 Å². The maximum Gasteiger partial charge on any atom is 0.338 e. The van der Waals surface area contributed by atoms with Crippen LogP contribution in [-0.4, -0.2) is 62.0 Å². The van der Waals surface area contributed by atoms with Crippen LogP contribution in [0.15, 0.2) is 42.5 Å². The van der Waals surface area contributed by atoms with Gasteiger partial charge in [0.1, 0.15) is 12.1 Å². The van der Waals surface area contributed by atoms with Gasteiger partial charge >= 0.3 is 5.97 Å². The third-order valence-electron chi connectivity index (χ3n) is 4.68. The number of esters is 1. The van der Waals surface area contributed by atoms with Crippen LogP contribution in [0.3, 0.4) is 0 Å². The normalized spacial score (nSPS) is 18.1. The number of hydrogen-bond donors (Lipinski definition) is 3. The first-order valence-electron chi connectivity index (χ1n) is 9.17. The third kappa shape index (κ3) is 3.55. The minimum atomic E-state index is -1.39. The zero-order chi connectivity index (χ0) is 21.3. The van der Waals surface area contributed by atoms with Gasteiger partial charge in [-0.1, -0.05) is 12.1 Å². The van der Waals surface area contributed by atoms with Crippen molar-refractivity contribution in [1.29, 1.82) is 0 Å². The molecule has 1 saturated carbocycles. The number of anilines is 1. The number of rotatable bonds is 6. The average Bonchev–Trinajstić information content (AvgIpc) is 3.32. The van der Waals surface area contributed by atoms with E-state index in [0.717, 1.165) is 0 Å². The summed E-state index contributed by atoms with van der Waals surface area (Å²) in [5, 5.41) is 26.5. The van der Waals surface area contributed by atoms with Gasteiger partial charge in [0.25, 0.3) is 0 Å². The molecule has 30 heavy (non-hydrogen) atoms. The number of nitrogens with zero attached hydrogens (tertiary/aromatic N) is 3. The predicted molar refractivity (Wildman–Crippen MR) is 104 cm³/mol. The molecule has 1 fully saturated rings. The minimum Gasteiger partial charge on any atom is -0.462 e. The molecule has 0 bridgehead atoms. The molecule has 0 saturated heterocycles. The SMILES string of the molecule is CCOC(=O)c1cccc(-c2cc(NC3C(=O)C(=O)C3O)cc(-c3nn[nH]n3)c2)c1. The summed E-state index contributed by atoms with van der Waals surface area (Å²) in [5.74, 6) is -1.62. The average molecular weight is 407 g/mol. The number of H-pyrrole nitrogens is 1. The van der Waals surface area contributed by atoms with Crippen molar-refractivity contribution in [3.05, 3.63) is 48.0 Å². The molecule has 2 aromatic carbocycles. The van der Waals surface area contributed by atoms with Gasteiger partial charge in [-0.05, 0) is 53.6 Å². The van der Waals surface area contributed by atoms with E-state index in [9.17, 15) is 19.5 Å². The van der Waals surface area contributed by atoms with Crippen LogP contribution in [0, 0.1) is 0 Å². The summed E-state index contributed by atoms with van der Waals surface area (Å²) >= 11 is 0. The van der Waals surface area contributed by atoms with Crippen LogP contribution in [-0.2, 0) is 14.3 Å². The fourth-order valence-electron chi connectivity index (χ4n) is 3.15. The lowest BCUT2D eigenvalue weighted by Crippen LogP contribution is -2.61. The maximum atomic E-state index is 12.1. The predicted octanol–water partition coefficient (Wildman–Crippen LogP) is 1.00. The Balaban J connectivity index is 1.73. The summed E-state index contributed by atoms with van der Waals surface area (Å²) in [5.41, 5.74) is 2.85. The van der Waals surface area contributed by atoms with Crippen LogP contribution in [0.1, 0.15) is 17.3 Å². The van der Waals surface area contributed by atoms with E-state index in [4.69, 9.17) is 4.74 Å². The van der Waals surface area contributed by atoms with Crippen LogP contribution in [0.2, 0.25) is 0 Å². The van der Waals surface area contributed by atoms with Gasteiger partial charge < -0.3 is 15.2 Å². The van der Waals surface area contributed by atoms with Gasteiger partial charge in [-0.25, -0.2) is 4.79 Å². The highest BCUT2D eigenvalue weighted by Gasteiger charge is 2.48. The summed E-state index contributed by atoms with van der Waals surface area (Å²) < 4.78 is 5.05. The largest absolute Gasteiger partial charge is 0.462 e. The molecule has 10 heteroatoms. The fourth-order valence-corrected chi connectivity index (χ4v) is 3.15. The Bertz CT molecular complexity index is 1130. The van der Waals surface area contributed by atoms with Crippen molar-refractivity contribution in [1.82, 2.24) is 20.6 Å². The lowest BCUT2D eigenvalue weighted by atomic mass is 9.85. The Morgan fingerprint density at radius 1 is 1.13 bits per heavy atom. The van der Waals surface area contributed by atoms with E-state index < -0.39 is 29.7 Å². The molecule has 2 atom stereocenters. The zero-order valence-corrected chi connectivity index (χ0v) is 15.8. The quantitative estimate of drug-likeness (QED) is 0.402. The second-order valence-corrected chi connectivity index (χ2v) is 6.63. The monoisotopic (exact) mass is 407 g/mol. The standard InChI is InChI=1S/C20H17N5O5/c1-2-30-20(29)11-5-3-4-10(6-11)12-7-13(19-22-24-25-23-19)9-14(8-12)21-15-16(26)18(28)17(15)27/h3-9,15-16,21,26H,2H2,1H3,(H,22,23,24,25). The van der Waals surface area contributed by atoms with E-state index in [0.29, 0.717) is 33.8 Å². The molecule has 3 aromatic rings. The molecule has 0 aliphatic heterocycles. The van der Waals surface area contributed by atoms with Crippen LogP contribution in [0.5, 0.6) is 0 Å². The van der Waals surface area contributed by atoms with Gasteiger partial charge in [0.15, 0.2) is 0 Å². The first-order valence-corrected chi connectivity index (χ1v) is 9.17. The summed E-state index contributed by atoms with van der Waals surface area (Å²) in [7, 11) is 0. The fraction of sp³-hybridized carbons (Fsp3) is 0.200. The number of aromatic nitrogens is 4. The number of Topliss-reactive ketones (excluding diaryl/α,β-unsaturated/α-hetero) is 2. The second-order valence-electron chi connectivity index (χ2n) is 6.63. The number of hydrogen-bond acceptors (Lipinski definition) is 9. The zero-order valence-electron chi connectivity index (χ0n) is 15.8. The number of nitrogens with one attached hydrogen (secondary N) is 2. The highest BCUT2D eigenvalue weighted by Crippen LogP contribution is 2.31. The molecule has 0 amide bonds. The summed E-state index contributed by atoms with van der Waals surface area (Å²) in [6.07, 6.45) is -1.39. The van der Waals surface area contributed by atoms with E-state index in [1.807, 2.05) is 6.07 Å². The van der Waals surface area contributed by atoms with Gasteiger partial charge in [-0.15, -0.1) is 10.2 Å². The maximum absolute atomic E-state index is 12.1. The summed E-state index contributed by atoms with van der Waals surface area (Å²) in [6, 6.07) is 11.1. The number of aliphatic hydroxyl groups excluding tert-OH is 1. The van der Waals surface area contributed by atoms with Gasteiger partial charge in [0.2, 0.25) is 17.4 Å². The Labute approximate surface area is 170 Å². The Morgan fingerprint density at radius 2 is 1.93 bits per heavy atom. The van der Waals surface area contributed by atoms with E-state index in [1.165, 1.54) is 0 Å². The molecule has 1 aliphatic rings. The number of tetrazole rings is 1. The number of ether oxygens (including phenoxy) is 1. The van der Waals surface area contributed by atoms with Crippen LogP contribution >= 0.6 is 0 Å². The van der Waals surface area contributed by atoms with Crippen molar-refractivity contribution in [3.63, 3.8) is 0 Å². The first-order chi connectivity index (χ1) is 14.5. The number of carbonyl (C=O) groups excluding carboxylic acids is 3. The minimum absolute atomic E-state index is 0.265. The molecule has 152 valence electrons. The van der Waals surface area contributed by atoms with Crippen LogP contribution < -0.4 is 5.32 Å². The Hall–Kier alpha value is -3.92. The van der Waals surface area contributed by atoms with Gasteiger partial charge in [0, 0.05) is 11.3 Å². The molecule has 3 N–H and O–H groups in total. The molecule has 1 aliphatic carbocycles. The van der Waals surface area contributed by atoms with Gasteiger partial charge in [-0.3, -0.25) is 9.59 Å². The van der Waals surface area contributed by atoms with Crippen LogP contribution in [0.4, 0.5) is 5.69 Å². The van der Waals surface area contributed by atoms with E-state index >= 15 is 0 Å². The number of aromatic amines is 1. The van der Waals surface area contributed by atoms with Gasteiger partial charge in [0.05, 0.1) is 12.2 Å². The first kappa shape index (κ1) is 19.4. The Morgan fingerprint density at radius 3 is 2.63 bits per heavy atom. The second kappa shape index (κ2) is 7.84. The smallest absolute Gasteiger partial charge is 0.338 e. The van der Waals surface area contributed by atoms with Crippen molar-refractivity contribution in [3.8, 4) is 22.5 Å². The Kier molecular flexibility index (Phi) is 5.07.